The maximum atomic E-state index is 6.18. The fourth-order valence-corrected chi connectivity index (χ4v) is 2.79. The lowest BCUT2D eigenvalue weighted by Gasteiger charge is -2.17. The summed E-state index contributed by atoms with van der Waals surface area (Å²) in [6.07, 6.45) is 0. The first-order chi connectivity index (χ1) is 10.1. The second-order valence-electron chi connectivity index (χ2n) is 5.30. The van der Waals surface area contributed by atoms with Crippen molar-refractivity contribution in [3.63, 3.8) is 0 Å². The van der Waals surface area contributed by atoms with E-state index in [-0.39, 0.29) is 6.04 Å². The van der Waals surface area contributed by atoms with Gasteiger partial charge in [0, 0.05) is 17.8 Å². The van der Waals surface area contributed by atoms with Crippen molar-refractivity contribution in [1.82, 2.24) is 9.55 Å². The molecule has 1 heterocycles. The van der Waals surface area contributed by atoms with Crippen molar-refractivity contribution in [2.75, 3.05) is 5.32 Å². The fraction of sp³-hybridized carbons (Fsp3) is 0.235. The maximum Gasteiger partial charge on any atom is 0.131 e. The van der Waals surface area contributed by atoms with Crippen LogP contribution in [0.4, 0.5) is 5.69 Å². The Morgan fingerprint density at radius 2 is 1.90 bits per heavy atom. The SMILES string of the molecule is Cc1c(Cl)cccc1NC(C)c1nc2ccccc2n1C. The summed E-state index contributed by atoms with van der Waals surface area (Å²) in [7, 11) is 2.05. The van der Waals surface area contributed by atoms with E-state index in [1.165, 1.54) is 0 Å². The highest BCUT2D eigenvalue weighted by Gasteiger charge is 2.15. The zero-order valence-electron chi connectivity index (χ0n) is 12.4. The molecule has 0 aliphatic heterocycles. The van der Waals surface area contributed by atoms with Crippen LogP contribution in [0.1, 0.15) is 24.4 Å². The summed E-state index contributed by atoms with van der Waals surface area (Å²) < 4.78 is 2.13. The average Bonchev–Trinajstić information content (AvgIpc) is 2.82. The molecule has 21 heavy (non-hydrogen) atoms. The lowest BCUT2D eigenvalue weighted by Crippen LogP contribution is -2.12. The highest BCUT2D eigenvalue weighted by atomic mass is 35.5. The van der Waals surface area contributed by atoms with Gasteiger partial charge in [0.15, 0.2) is 0 Å². The lowest BCUT2D eigenvalue weighted by atomic mass is 10.2. The number of hydrogen-bond acceptors (Lipinski definition) is 2. The van der Waals surface area contributed by atoms with Crippen LogP contribution >= 0.6 is 11.6 Å². The van der Waals surface area contributed by atoms with Crippen molar-refractivity contribution < 1.29 is 0 Å². The predicted molar refractivity (Wildman–Crippen MR) is 88.9 cm³/mol. The van der Waals surface area contributed by atoms with E-state index in [4.69, 9.17) is 16.6 Å². The van der Waals surface area contributed by atoms with Crippen LogP contribution in [0.25, 0.3) is 11.0 Å². The van der Waals surface area contributed by atoms with Gasteiger partial charge < -0.3 is 9.88 Å². The summed E-state index contributed by atoms with van der Waals surface area (Å²) in [5.41, 5.74) is 4.27. The van der Waals surface area contributed by atoms with Crippen molar-refractivity contribution >= 4 is 28.3 Å². The van der Waals surface area contributed by atoms with Gasteiger partial charge in [-0.15, -0.1) is 0 Å². The Balaban J connectivity index is 1.95. The first kappa shape index (κ1) is 14.0. The molecule has 0 radical (unpaired) electrons. The zero-order valence-corrected chi connectivity index (χ0v) is 13.1. The van der Waals surface area contributed by atoms with Crippen LogP contribution in [-0.4, -0.2) is 9.55 Å². The number of anilines is 1. The van der Waals surface area contributed by atoms with Gasteiger partial charge in [0.25, 0.3) is 0 Å². The molecule has 1 N–H and O–H groups in total. The standard InChI is InChI=1S/C17H18ClN3/c1-11-13(18)7-6-9-14(11)19-12(2)17-20-15-8-4-5-10-16(15)21(17)3/h4-10,12,19H,1-3H3. The molecule has 108 valence electrons. The van der Waals surface area contributed by atoms with Crippen molar-refractivity contribution in [2.45, 2.75) is 19.9 Å². The Morgan fingerprint density at radius 1 is 1.14 bits per heavy atom. The van der Waals surface area contributed by atoms with Crippen LogP contribution in [0, 0.1) is 6.92 Å². The van der Waals surface area contributed by atoms with Crippen molar-refractivity contribution in [3.05, 3.63) is 58.9 Å². The van der Waals surface area contributed by atoms with Crippen LogP contribution < -0.4 is 5.32 Å². The molecule has 1 atom stereocenters. The number of para-hydroxylation sites is 2. The number of nitrogens with one attached hydrogen (secondary N) is 1. The maximum absolute atomic E-state index is 6.18. The van der Waals surface area contributed by atoms with E-state index < -0.39 is 0 Å². The number of rotatable bonds is 3. The summed E-state index contributed by atoms with van der Waals surface area (Å²) in [4.78, 5) is 4.73. The third-order valence-corrected chi connectivity index (χ3v) is 4.26. The molecule has 4 heteroatoms. The third-order valence-electron chi connectivity index (χ3n) is 3.85. The molecule has 0 bridgehead atoms. The molecule has 1 unspecified atom stereocenters. The summed E-state index contributed by atoms with van der Waals surface area (Å²) >= 11 is 6.18. The number of aromatic nitrogens is 2. The molecule has 0 saturated carbocycles. The number of halogens is 1. The first-order valence-electron chi connectivity index (χ1n) is 7.01. The molecule has 0 aliphatic rings. The molecular weight excluding hydrogens is 282 g/mol. The van der Waals surface area contributed by atoms with E-state index >= 15 is 0 Å². The van der Waals surface area contributed by atoms with Gasteiger partial charge in [0.2, 0.25) is 0 Å². The topological polar surface area (TPSA) is 29.9 Å². The Bertz CT molecular complexity index is 792. The molecule has 1 aromatic heterocycles. The molecule has 3 aromatic rings. The van der Waals surface area contributed by atoms with E-state index in [0.29, 0.717) is 0 Å². The average molecular weight is 300 g/mol. The number of benzene rings is 2. The van der Waals surface area contributed by atoms with Crippen LogP contribution in [-0.2, 0) is 7.05 Å². The summed E-state index contributed by atoms with van der Waals surface area (Å²) in [5.74, 6) is 1.01. The van der Waals surface area contributed by atoms with Gasteiger partial charge in [-0.05, 0) is 43.7 Å². The molecule has 0 aliphatic carbocycles. The minimum Gasteiger partial charge on any atom is -0.375 e. The number of hydrogen-bond donors (Lipinski definition) is 1. The second kappa shape index (κ2) is 5.41. The van der Waals surface area contributed by atoms with Gasteiger partial charge in [0.1, 0.15) is 5.82 Å². The first-order valence-corrected chi connectivity index (χ1v) is 7.38. The van der Waals surface area contributed by atoms with Gasteiger partial charge in [-0.1, -0.05) is 29.8 Å². The summed E-state index contributed by atoms with van der Waals surface area (Å²) in [6, 6.07) is 14.2. The minimum atomic E-state index is 0.0968. The predicted octanol–water partition coefficient (Wildman–Crippen LogP) is 4.71. The van der Waals surface area contributed by atoms with E-state index in [0.717, 1.165) is 33.1 Å². The minimum absolute atomic E-state index is 0.0968. The van der Waals surface area contributed by atoms with E-state index in [9.17, 15) is 0 Å². The zero-order chi connectivity index (χ0) is 15.0. The molecule has 0 spiro atoms. The fourth-order valence-electron chi connectivity index (χ4n) is 2.61. The van der Waals surface area contributed by atoms with E-state index in [1.807, 2.05) is 50.4 Å². The van der Waals surface area contributed by atoms with Gasteiger partial charge in [-0.3, -0.25) is 0 Å². The third kappa shape index (κ3) is 2.49. The molecule has 0 fully saturated rings. The summed E-state index contributed by atoms with van der Waals surface area (Å²) in [6.45, 7) is 4.13. The molecule has 0 saturated heterocycles. The normalized spacial score (nSPS) is 12.6. The second-order valence-corrected chi connectivity index (χ2v) is 5.70. The Labute approximate surface area is 129 Å². The van der Waals surface area contributed by atoms with Crippen LogP contribution in [0.3, 0.4) is 0 Å². The monoisotopic (exact) mass is 299 g/mol. The highest BCUT2D eigenvalue weighted by Crippen LogP contribution is 2.27. The lowest BCUT2D eigenvalue weighted by molar-refractivity contribution is 0.733. The van der Waals surface area contributed by atoms with Crippen molar-refractivity contribution in [3.8, 4) is 0 Å². The van der Waals surface area contributed by atoms with E-state index in [2.05, 4.69) is 22.9 Å². The van der Waals surface area contributed by atoms with E-state index in [1.54, 1.807) is 0 Å². The molecule has 2 aromatic carbocycles. The quantitative estimate of drug-likeness (QED) is 0.759. The largest absolute Gasteiger partial charge is 0.375 e. The van der Waals surface area contributed by atoms with Crippen LogP contribution in [0.2, 0.25) is 5.02 Å². The number of imidazole rings is 1. The van der Waals surface area contributed by atoms with Gasteiger partial charge in [0.05, 0.1) is 17.1 Å². The number of aryl methyl sites for hydroxylation is 1. The van der Waals surface area contributed by atoms with Gasteiger partial charge in [-0.2, -0.15) is 0 Å². The van der Waals surface area contributed by atoms with Crippen molar-refractivity contribution in [1.29, 1.82) is 0 Å². The Kier molecular flexibility index (Phi) is 3.60. The number of fused-ring (bicyclic) bond motifs is 1. The van der Waals surface area contributed by atoms with Crippen LogP contribution in [0.15, 0.2) is 42.5 Å². The highest BCUT2D eigenvalue weighted by molar-refractivity contribution is 6.31. The molecule has 0 amide bonds. The Morgan fingerprint density at radius 3 is 2.67 bits per heavy atom. The molecular formula is C17H18ClN3. The number of nitrogens with zero attached hydrogens (tertiary/aromatic N) is 2. The molecule has 3 rings (SSSR count). The van der Waals surface area contributed by atoms with Crippen LogP contribution in [0.5, 0.6) is 0 Å². The molecule has 3 nitrogen and oxygen atoms in total. The van der Waals surface area contributed by atoms with Crippen molar-refractivity contribution in [2.24, 2.45) is 7.05 Å². The Hall–Kier alpha value is -2.00. The summed E-state index contributed by atoms with van der Waals surface area (Å²) in [5, 5.41) is 4.28. The van der Waals surface area contributed by atoms with Gasteiger partial charge >= 0.3 is 0 Å². The van der Waals surface area contributed by atoms with Gasteiger partial charge in [-0.25, -0.2) is 4.98 Å². The smallest absolute Gasteiger partial charge is 0.131 e.